The van der Waals surface area contributed by atoms with Crippen LogP contribution >= 0.6 is 0 Å². The van der Waals surface area contributed by atoms with Crippen molar-refractivity contribution in [2.45, 2.75) is 55.1 Å². The lowest BCUT2D eigenvalue weighted by Gasteiger charge is -2.42. The molecule has 138 valence electrons. The summed E-state index contributed by atoms with van der Waals surface area (Å²) >= 11 is 0. The lowest BCUT2D eigenvalue weighted by molar-refractivity contribution is -0.327. The average molecular weight is 344 g/mol. The van der Waals surface area contributed by atoms with Crippen molar-refractivity contribution in [3.8, 4) is 0 Å². The smallest absolute Gasteiger partial charge is 0.187 e. The molecule has 0 radical (unpaired) electrons. The molecule has 0 saturated carbocycles. The van der Waals surface area contributed by atoms with E-state index in [1.54, 1.807) is 0 Å². The van der Waals surface area contributed by atoms with Gasteiger partial charge in [0.05, 0.1) is 19.8 Å². The molecule has 1 heterocycles. The molecule has 0 bridgehead atoms. The van der Waals surface area contributed by atoms with Crippen molar-refractivity contribution in [1.82, 2.24) is 0 Å². The maximum atomic E-state index is 9.83. The van der Waals surface area contributed by atoms with E-state index in [1.807, 2.05) is 0 Å². The van der Waals surface area contributed by atoms with Crippen molar-refractivity contribution in [2.24, 2.45) is 0 Å². The fourth-order valence-electron chi connectivity index (χ4n) is 2.16. The normalized spacial score (nSPS) is 37.2. The Kier molecular flexibility index (Phi) is 8.20. The molecule has 9 atom stereocenters. The SMILES string of the molecule is OC[C@H](O)[C@@H](O)[C@@H](O[C@H]1O[C@H](CO)[C@@H](O)[C@H](O)[C@H]1O)[C@@H](O)CO. The summed E-state index contributed by atoms with van der Waals surface area (Å²) in [7, 11) is 0. The van der Waals surface area contributed by atoms with Crippen LogP contribution < -0.4 is 0 Å². The summed E-state index contributed by atoms with van der Waals surface area (Å²) in [4.78, 5) is 0. The van der Waals surface area contributed by atoms with Crippen LogP contribution in [0.25, 0.3) is 0 Å². The quantitative estimate of drug-likeness (QED) is 0.203. The van der Waals surface area contributed by atoms with Gasteiger partial charge in [-0.1, -0.05) is 0 Å². The fourth-order valence-corrected chi connectivity index (χ4v) is 2.16. The predicted molar refractivity (Wildman–Crippen MR) is 70.8 cm³/mol. The second-order valence-corrected chi connectivity index (χ2v) is 5.29. The van der Waals surface area contributed by atoms with E-state index in [0.717, 1.165) is 0 Å². The van der Waals surface area contributed by atoms with E-state index in [2.05, 4.69) is 0 Å². The van der Waals surface area contributed by atoms with Gasteiger partial charge in [-0.2, -0.15) is 0 Å². The largest absolute Gasteiger partial charge is 0.394 e. The van der Waals surface area contributed by atoms with Gasteiger partial charge >= 0.3 is 0 Å². The second kappa shape index (κ2) is 9.15. The van der Waals surface area contributed by atoms with E-state index in [1.165, 1.54) is 0 Å². The van der Waals surface area contributed by atoms with Gasteiger partial charge in [0.1, 0.15) is 48.8 Å². The molecule has 0 aromatic rings. The van der Waals surface area contributed by atoms with Gasteiger partial charge in [-0.3, -0.25) is 0 Å². The highest BCUT2D eigenvalue weighted by atomic mass is 16.7. The topological polar surface area (TPSA) is 201 Å². The molecule has 1 fully saturated rings. The van der Waals surface area contributed by atoms with Crippen molar-refractivity contribution < 1.29 is 55.4 Å². The molecule has 1 rings (SSSR count). The van der Waals surface area contributed by atoms with Gasteiger partial charge in [0.15, 0.2) is 6.29 Å². The van der Waals surface area contributed by atoms with Crippen LogP contribution in [0.2, 0.25) is 0 Å². The molecule has 1 aliphatic rings. The van der Waals surface area contributed by atoms with Crippen LogP contribution in [0.5, 0.6) is 0 Å². The summed E-state index contributed by atoms with van der Waals surface area (Å²) in [6.07, 6.45) is -15.1. The summed E-state index contributed by atoms with van der Waals surface area (Å²) in [6, 6.07) is 0. The third-order valence-corrected chi connectivity index (χ3v) is 3.62. The highest BCUT2D eigenvalue weighted by Crippen LogP contribution is 2.24. The number of hydrogen-bond donors (Lipinski definition) is 9. The van der Waals surface area contributed by atoms with E-state index in [-0.39, 0.29) is 0 Å². The Morgan fingerprint density at radius 2 is 1.39 bits per heavy atom. The Balaban J connectivity index is 2.89. The van der Waals surface area contributed by atoms with Crippen LogP contribution in [0.4, 0.5) is 0 Å². The molecule has 0 unspecified atom stereocenters. The molecule has 0 amide bonds. The minimum absolute atomic E-state index is 0.708. The van der Waals surface area contributed by atoms with Crippen molar-refractivity contribution in [1.29, 1.82) is 0 Å². The maximum Gasteiger partial charge on any atom is 0.187 e. The van der Waals surface area contributed by atoms with Gasteiger partial charge < -0.3 is 55.4 Å². The van der Waals surface area contributed by atoms with Crippen molar-refractivity contribution in [3.63, 3.8) is 0 Å². The lowest BCUT2D eigenvalue weighted by Crippen LogP contribution is -2.61. The Morgan fingerprint density at radius 1 is 0.826 bits per heavy atom. The summed E-state index contributed by atoms with van der Waals surface area (Å²) in [5.74, 6) is 0. The van der Waals surface area contributed by atoms with Gasteiger partial charge in [-0.15, -0.1) is 0 Å². The van der Waals surface area contributed by atoms with Crippen LogP contribution in [-0.2, 0) is 9.47 Å². The molecule has 0 spiro atoms. The molecule has 11 heteroatoms. The molecule has 9 N–H and O–H groups in total. The maximum absolute atomic E-state index is 9.83. The van der Waals surface area contributed by atoms with Crippen LogP contribution in [-0.4, -0.2) is 121 Å². The van der Waals surface area contributed by atoms with Gasteiger partial charge in [-0.25, -0.2) is 0 Å². The number of hydrogen-bond acceptors (Lipinski definition) is 11. The average Bonchev–Trinajstić information content (AvgIpc) is 2.57. The third kappa shape index (κ3) is 4.78. The fraction of sp³-hybridized carbons (Fsp3) is 1.00. The zero-order chi connectivity index (χ0) is 17.7. The van der Waals surface area contributed by atoms with Crippen LogP contribution in [0.15, 0.2) is 0 Å². The molecule has 1 aliphatic heterocycles. The second-order valence-electron chi connectivity index (χ2n) is 5.29. The van der Waals surface area contributed by atoms with Gasteiger partial charge in [-0.05, 0) is 0 Å². The van der Waals surface area contributed by atoms with Crippen LogP contribution in [0.3, 0.4) is 0 Å². The highest BCUT2D eigenvalue weighted by Gasteiger charge is 2.46. The molecular weight excluding hydrogens is 320 g/mol. The summed E-state index contributed by atoms with van der Waals surface area (Å²) in [6.45, 7) is -2.45. The number of rotatable bonds is 8. The molecule has 0 aromatic heterocycles. The van der Waals surface area contributed by atoms with Crippen LogP contribution in [0.1, 0.15) is 0 Å². The molecule has 1 saturated heterocycles. The van der Waals surface area contributed by atoms with E-state index in [9.17, 15) is 30.6 Å². The van der Waals surface area contributed by atoms with E-state index in [4.69, 9.17) is 24.8 Å². The first-order valence-corrected chi connectivity index (χ1v) is 7.00. The Hall–Kier alpha value is -0.440. The predicted octanol–water partition coefficient (Wildman–Crippen LogP) is -5.76. The van der Waals surface area contributed by atoms with E-state index < -0.39 is 74.9 Å². The summed E-state index contributed by atoms with van der Waals surface area (Å²) in [5, 5.41) is 84.9. The van der Waals surface area contributed by atoms with Gasteiger partial charge in [0, 0.05) is 0 Å². The summed E-state index contributed by atoms with van der Waals surface area (Å²) < 4.78 is 10.1. The molecule has 0 aliphatic carbocycles. The standard InChI is InChI=1S/C12H24O11/c13-1-4(16)7(18)11(5(17)2-14)23-12-10(21)9(20)8(19)6(3-15)22-12/h4-21H,1-3H2/t4-,5-,6+,7+,8+,9-,10+,11-,12+/m0/s1. The van der Waals surface area contributed by atoms with Crippen molar-refractivity contribution in [3.05, 3.63) is 0 Å². The minimum atomic E-state index is -1.85. The minimum Gasteiger partial charge on any atom is -0.394 e. The first-order valence-electron chi connectivity index (χ1n) is 7.00. The van der Waals surface area contributed by atoms with Crippen molar-refractivity contribution >= 4 is 0 Å². The van der Waals surface area contributed by atoms with E-state index in [0.29, 0.717) is 0 Å². The molecule has 23 heavy (non-hydrogen) atoms. The number of ether oxygens (including phenoxy) is 2. The monoisotopic (exact) mass is 344 g/mol. The lowest BCUT2D eigenvalue weighted by atomic mass is 9.98. The Bertz CT molecular complexity index is 341. The summed E-state index contributed by atoms with van der Waals surface area (Å²) in [5.41, 5.74) is 0. The zero-order valence-electron chi connectivity index (χ0n) is 12.2. The molecule has 0 aromatic carbocycles. The first kappa shape index (κ1) is 20.6. The number of aliphatic hydroxyl groups excluding tert-OH is 9. The van der Waals surface area contributed by atoms with Crippen molar-refractivity contribution in [2.75, 3.05) is 19.8 Å². The molecular formula is C12H24O11. The number of aliphatic hydroxyl groups is 9. The van der Waals surface area contributed by atoms with E-state index >= 15 is 0 Å². The Morgan fingerprint density at radius 3 is 1.87 bits per heavy atom. The zero-order valence-corrected chi connectivity index (χ0v) is 12.2. The third-order valence-electron chi connectivity index (χ3n) is 3.62. The first-order chi connectivity index (χ1) is 10.8. The highest BCUT2D eigenvalue weighted by molar-refractivity contribution is 4.91. The Labute approximate surface area is 131 Å². The van der Waals surface area contributed by atoms with Gasteiger partial charge in [0.25, 0.3) is 0 Å². The van der Waals surface area contributed by atoms with Gasteiger partial charge in [0.2, 0.25) is 0 Å². The van der Waals surface area contributed by atoms with Crippen LogP contribution in [0, 0.1) is 0 Å². The molecule has 11 nitrogen and oxygen atoms in total.